The third-order valence-corrected chi connectivity index (χ3v) is 5.26. The fourth-order valence-electron chi connectivity index (χ4n) is 2.80. The Kier molecular flexibility index (Phi) is 7.45. The summed E-state index contributed by atoms with van der Waals surface area (Å²) in [5, 5.41) is 18.3. The van der Waals surface area contributed by atoms with Gasteiger partial charge in [0.25, 0.3) is 5.91 Å². The zero-order valence-electron chi connectivity index (χ0n) is 16.9. The lowest BCUT2D eigenvalue weighted by Crippen LogP contribution is -2.29. The third kappa shape index (κ3) is 5.86. The number of nitrogens with zero attached hydrogens (tertiary/aromatic N) is 2. The minimum Gasteiger partial charge on any atom is -0.493 e. The van der Waals surface area contributed by atoms with E-state index in [1.54, 1.807) is 48.6 Å². The normalized spacial score (nSPS) is 15.9. The predicted octanol–water partition coefficient (Wildman–Crippen LogP) is 4.03. The van der Waals surface area contributed by atoms with Crippen LogP contribution in [0.15, 0.2) is 71.1 Å². The number of hydrogen-bond donors (Lipinski definition) is 2. The lowest BCUT2D eigenvalue weighted by Gasteiger charge is -2.12. The van der Waals surface area contributed by atoms with E-state index in [0.29, 0.717) is 27.1 Å². The number of aliphatic carboxylic acids is 1. The maximum absolute atomic E-state index is 12.9. The lowest BCUT2D eigenvalue weighted by atomic mass is 10.2. The molecule has 0 aliphatic carbocycles. The molecule has 164 valence electrons. The molecule has 1 aliphatic rings. The van der Waals surface area contributed by atoms with Gasteiger partial charge in [-0.15, -0.1) is 6.58 Å². The summed E-state index contributed by atoms with van der Waals surface area (Å²) < 4.78 is 5.44. The van der Waals surface area contributed by atoms with Gasteiger partial charge < -0.3 is 14.9 Å². The highest BCUT2D eigenvalue weighted by molar-refractivity contribution is 8.18. The molecule has 1 heterocycles. The Morgan fingerprint density at radius 1 is 1.16 bits per heavy atom. The van der Waals surface area contributed by atoms with Crippen LogP contribution in [0.25, 0.3) is 6.08 Å². The number of hydrogen-bond acceptors (Lipinski definition) is 6. The van der Waals surface area contributed by atoms with Crippen molar-refractivity contribution in [1.82, 2.24) is 4.90 Å². The van der Waals surface area contributed by atoms with Gasteiger partial charge in [0.2, 0.25) is 0 Å². The standard InChI is InChI=1S/C23H20N2O6S/c1-2-10-25-21(28)19(13-15-5-3-8-18(12-15)31-11-9-20(26)27)32-23(25)24-17-7-4-6-16(14-17)22(29)30/h2-8,12-14H,1,9-11H2,(H,26,27)(H,29,30)/b19-13-,24-23?. The van der Waals surface area contributed by atoms with Gasteiger partial charge in [0.15, 0.2) is 5.17 Å². The van der Waals surface area contributed by atoms with E-state index >= 15 is 0 Å². The van der Waals surface area contributed by atoms with Crippen molar-refractivity contribution in [3.05, 3.63) is 77.2 Å². The van der Waals surface area contributed by atoms with Crippen molar-refractivity contribution >= 4 is 46.5 Å². The summed E-state index contributed by atoms with van der Waals surface area (Å²) in [5.41, 5.74) is 1.23. The molecule has 0 radical (unpaired) electrons. The summed E-state index contributed by atoms with van der Waals surface area (Å²) in [6.45, 7) is 3.98. The molecule has 0 bridgehead atoms. The first-order valence-electron chi connectivity index (χ1n) is 9.56. The van der Waals surface area contributed by atoms with Crippen LogP contribution in [0.1, 0.15) is 22.3 Å². The number of carbonyl (C=O) groups is 3. The zero-order chi connectivity index (χ0) is 23.1. The van der Waals surface area contributed by atoms with Crippen LogP contribution in [0.5, 0.6) is 5.75 Å². The highest BCUT2D eigenvalue weighted by atomic mass is 32.2. The molecule has 0 unspecified atom stereocenters. The number of carboxylic acid groups (broad SMARTS) is 2. The maximum Gasteiger partial charge on any atom is 0.335 e. The Bertz CT molecular complexity index is 1120. The number of aliphatic imine (C=N–C) groups is 1. The van der Waals surface area contributed by atoms with Crippen LogP contribution in [0.4, 0.5) is 5.69 Å². The van der Waals surface area contributed by atoms with Crippen LogP contribution >= 0.6 is 11.8 Å². The molecule has 2 N–H and O–H groups in total. The van der Waals surface area contributed by atoms with Crippen LogP contribution in [0, 0.1) is 0 Å². The summed E-state index contributed by atoms with van der Waals surface area (Å²) in [6.07, 6.45) is 3.17. The molecule has 2 aromatic rings. The molecular weight excluding hydrogens is 432 g/mol. The van der Waals surface area contributed by atoms with Gasteiger partial charge in [0, 0.05) is 6.54 Å². The number of carbonyl (C=O) groups excluding carboxylic acids is 1. The van der Waals surface area contributed by atoms with E-state index in [2.05, 4.69) is 11.6 Å². The van der Waals surface area contributed by atoms with E-state index in [1.807, 2.05) is 0 Å². The summed E-state index contributed by atoms with van der Waals surface area (Å²) in [7, 11) is 0. The van der Waals surface area contributed by atoms with E-state index in [9.17, 15) is 19.5 Å². The second kappa shape index (κ2) is 10.5. The molecule has 2 aromatic carbocycles. The number of rotatable bonds is 9. The van der Waals surface area contributed by atoms with Crippen molar-refractivity contribution in [3.8, 4) is 5.75 Å². The molecule has 8 nitrogen and oxygen atoms in total. The van der Waals surface area contributed by atoms with Crippen LogP contribution in [0.2, 0.25) is 0 Å². The topological polar surface area (TPSA) is 117 Å². The summed E-state index contributed by atoms with van der Waals surface area (Å²) in [4.78, 5) is 41.1. The van der Waals surface area contributed by atoms with Gasteiger partial charge >= 0.3 is 11.9 Å². The first kappa shape index (κ1) is 22.8. The molecule has 0 saturated carbocycles. The smallest absolute Gasteiger partial charge is 0.335 e. The van der Waals surface area contributed by atoms with Gasteiger partial charge in [-0.25, -0.2) is 9.79 Å². The number of aromatic carboxylic acids is 1. The molecule has 1 saturated heterocycles. The van der Waals surface area contributed by atoms with Crippen molar-refractivity contribution in [1.29, 1.82) is 0 Å². The van der Waals surface area contributed by atoms with E-state index in [0.717, 1.165) is 0 Å². The Morgan fingerprint density at radius 2 is 1.94 bits per heavy atom. The SMILES string of the molecule is C=CCN1C(=O)/C(=C/c2cccc(OCCC(=O)O)c2)SC1=Nc1cccc(C(=O)O)c1. The number of benzene rings is 2. The summed E-state index contributed by atoms with van der Waals surface area (Å²) in [5.74, 6) is -1.76. The van der Waals surface area contributed by atoms with E-state index in [-0.39, 0.29) is 31.0 Å². The fourth-order valence-corrected chi connectivity index (χ4v) is 3.81. The molecule has 9 heteroatoms. The molecule has 0 spiro atoms. The first-order valence-corrected chi connectivity index (χ1v) is 10.4. The Hall–Kier alpha value is -3.85. The predicted molar refractivity (Wildman–Crippen MR) is 122 cm³/mol. The van der Waals surface area contributed by atoms with E-state index < -0.39 is 11.9 Å². The van der Waals surface area contributed by atoms with Crippen LogP contribution in [0.3, 0.4) is 0 Å². The van der Waals surface area contributed by atoms with E-state index in [4.69, 9.17) is 9.84 Å². The minimum atomic E-state index is -1.06. The number of amides is 1. The second-order valence-corrected chi connectivity index (χ2v) is 7.64. The molecule has 0 aromatic heterocycles. The quantitative estimate of drug-likeness (QED) is 0.436. The average Bonchev–Trinajstić information content (AvgIpc) is 3.03. The number of ether oxygens (including phenoxy) is 1. The Morgan fingerprint density at radius 3 is 2.66 bits per heavy atom. The van der Waals surface area contributed by atoms with Gasteiger partial charge in [-0.2, -0.15) is 0 Å². The average molecular weight is 452 g/mol. The van der Waals surface area contributed by atoms with Crippen molar-refractivity contribution in [2.45, 2.75) is 6.42 Å². The van der Waals surface area contributed by atoms with E-state index in [1.165, 1.54) is 28.8 Å². The molecule has 1 aliphatic heterocycles. The first-order chi connectivity index (χ1) is 15.4. The number of thioether (sulfide) groups is 1. The summed E-state index contributed by atoms with van der Waals surface area (Å²) in [6, 6.07) is 13.1. The fraction of sp³-hybridized carbons (Fsp3) is 0.130. The number of carboxylic acids is 2. The van der Waals surface area contributed by atoms with Gasteiger partial charge in [-0.1, -0.05) is 24.3 Å². The van der Waals surface area contributed by atoms with Gasteiger partial charge in [-0.05, 0) is 53.7 Å². The van der Waals surface area contributed by atoms with Crippen molar-refractivity contribution < 1.29 is 29.3 Å². The molecule has 3 rings (SSSR count). The van der Waals surface area contributed by atoms with Gasteiger partial charge in [-0.3, -0.25) is 14.5 Å². The molecule has 1 amide bonds. The highest BCUT2D eigenvalue weighted by Crippen LogP contribution is 2.34. The van der Waals surface area contributed by atoms with Crippen molar-refractivity contribution in [2.75, 3.05) is 13.2 Å². The monoisotopic (exact) mass is 452 g/mol. The van der Waals surface area contributed by atoms with Crippen molar-refractivity contribution in [3.63, 3.8) is 0 Å². The zero-order valence-corrected chi connectivity index (χ0v) is 17.7. The molecule has 1 fully saturated rings. The largest absolute Gasteiger partial charge is 0.493 e. The Labute approximate surface area is 188 Å². The third-order valence-electron chi connectivity index (χ3n) is 4.26. The van der Waals surface area contributed by atoms with Crippen LogP contribution in [-0.2, 0) is 9.59 Å². The maximum atomic E-state index is 12.9. The van der Waals surface area contributed by atoms with Crippen molar-refractivity contribution in [2.24, 2.45) is 4.99 Å². The molecular formula is C23H20N2O6S. The molecule has 32 heavy (non-hydrogen) atoms. The lowest BCUT2D eigenvalue weighted by molar-refractivity contribution is -0.137. The molecule has 0 atom stereocenters. The summed E-state index contributed by atoms with van der Waals surface area (Å²) >= 11 is 1.17. The highest BCUT2D eigenvalue weighted by Gasteiger charge is 2.32. The van der Waals surface area contributed by atoms with Gasteiger partial charge in [0.05, 0.1) is 29.2 Å². The Balaban J connectivity index is 1.86. The minimum absolute atomic E-state index is 0.0440. The van der Waals surface area contributed by atoms with Crippen LogP contribution < -0.4 is 4.74 Å². The number of amidine groups is 1. The van der Waals surface area contributed by atoms with Crippen LogP contribution in [-0.4, -0.2) is 51.3 Å². The second-order valence-electron chi connectivity index (χ2n) is 6.63. The van der Waals surface area contributed by atoms with Gasteiger partial charge in [0.1, 0.15) is 5.75 Å².